The predicted molar refractivity (Wildman–Crippen MR) is 135 cm³/mol. The van der Waals surface area contributed by atoms with Gasteiger partial charge in [-0.3, -0.25) is 14.2 Å². The molecule has 0 aliphatic heterocycles. The second kappa shape index (κ2) is 12.6. The molecule has 14 heteroatoms. The van der Waals surface area contributed by atoms with Gasteiger partial charge in [0.15, 0.2) is 11.5 Å². The first-order valence-corrected chi connectivity index (χ1v) is 13.7. The van der Waals surface area contributed by atoms with Gasteiger partial charge in [-0.2, -0.15) is 0 Å². The number of nitrogens with one attached hydrogen (secondary N) is 1. The molecule has 3 unspecified atom stereocenters. The topological polar surface area (TPSA) is 175 Å². The first-order valence-electron chi connectivity index (χ1n) is 11.9. The minimum atomic E-state index is -3.73. The fraction of sp³-hybridized carbons (Fsp3) is 0.682. The van der Waals surface area contributed by atoms with Crippen LogP contribution in [0.15, 0.2) is 12.7 Å². The molecule has 0 amide bonds. The van der Waals surface area contributed by atoms with Crippen LogP contribution in [-0.4, -0.2) is 78.9 Å². The molecule has 0 saturated carbocycles. The first-order chi connectivity index (χ1) is 16.8. The minimum absolute atomic E-state index is 0.258. The van der Waals surface area contributed by atoms with E-state index in [0.717, 1.165) is 19.3 Å². The molecule has 13 nitrogen and oxygen atoms in total. The van der Waals surface area contributed by atoms with Crippen LogP contribution in [0.25, 0.3) is 11.2 Å². The lowest BCUT2D eigenvalue weighted by atomic mass is 10.1. The van der Waals surface area contributed by atoms with Gasteiger partial charge in [0, 0.05) is 0 Å². The second-order valence-corrected chi connectivity index (χ2v) is 11.8. The monoisotopic (exact) mass is 527 g/mol. The van der Waals surface area contributed by atoms with Gasteiger partial charge >= 0.3 is 11.9 Å². The third kappa shape index (κ3) is 7.45. The molecule has 0 fully saturated rings. The van der Waals surface area contributed by atoms with Gasteiger partial charge in [0.2, 0.25) is 7.44 Å². The minimum Gasteiger partial charge on any atom is -0.480 e. The number of anilines is 1. The first kappa shape index (κ1) is 29.6. The highest BCUT2D eigenvalue weighted by atomic mass is 31.2. The van der Waals surface area contributed by atoms with Crippen LogP contribution in [-0.2, 0) is 30.2 Å². The van der Waals surface area contributed by atoms with Crippen molar-refractivity contribution in [3.63, 3.8) is 0 Å². The zero-order chi connectivity index (χ0) is 27.1. The van der Waals surface area contributed by atoms with E-state index in [1.54, 1.807) is 24.7 Å². The Hall–Kier alpha value is -2.60. The van der Waals surface area contributed by atoms with E-state index < -0.39 is 37.1 Å². The zero-order valence-corrected chi connectivity index (χ0v) is 22.7. The summed E-state index contributed by atoms with van der Waals surface area (Å²) in [5.41, 5.74) is 5.29. The number of ether oxygens (including phenoxy) is 2. The summed E-state index contributed by atoms with van der Waals surface area (Å²) in [6.45, 7) is 8.76. The van der Waals surface area contributed by atoms with Gasteiger partial charge < -0.3 is 24.9 Å². The van der Waals surface area contributed by atoms with Crippen molar-refractivity contribution in [3.8, 4) is 0 Å². The van der Waals surface area contributed by atoms with Crippen molar-refractivity contribution in [1.82, 2.24) is 29.3 Å². The molecule has 0 spiro atoms. The summed E-state index contributed by atoms with van der Waals surface area (Å²) in [4.78, 5) is 36.7. The predicted octanol–water partition coefficient (Wildman–Crippen LogP) is 2.47. The Balaban J connectivity index is 2.15. The number of hydrogen-bond acceptors (Lipinski definition) is 9. The van der Waals surface area contributed by atoms with Crippen molar-refractivity contribution in [3.05, 3.63) is 12.7 Å². The maximum atomic E-state index is 14.1. The molecule has 2 rings (SSSR count). The van der Waals surface area contributed by atoms with Crippen molar-refractivity contribution in [1.29, 1.82) is 0 Å². The Labute approximate surface area is 211 Å². The number of hydrogen-bond donors (Lipinski definition) is 3. The van der Waals surface area contributed by atoms with E-state index in [1.165, 1.54) is 31.9 Å². The number of carbonyl (C=O) groups is 2. The van der Waals surface area contributed by atoms with Gasteiger partial charge in [-0.1, -0.05) is 19.8 Å². The van der Waals surface area contributed by atoms with Crippen LogP contribution >= 0.6 is 7.44 Å². The molecule has 0 aromatic carbocycles. The van der Waals surface area contributed by atoms with E-state index in [9.17, 15) is 19.3 Å². The fourth-order valence-corrected chi connectivity index (χ4v) is 5.84. The molecule has 2 aromatic heterocycles. The fourth-order valence-electron chi connectivity index (χ4n) is 3.35. The van der Waals surface area contributed by atoms with Crippen molar-refractivity contribution in [2.24, 2.45) is 0 Å². The second-order valence-electron chi connectivity index (χ2n) is 9.30. The number of aliphatic carboxylic acids is 1. The van der Waals surface area contributed by atoms with Gasteiger partial charge in [-0.05, 0) is 41.2 Å². The molecule has 0 radical (unpaired) electrons. The molecule has 3 atom stereocenters. The van der Waals surface area contributed by atoms with Crippen LogP contribution in [0, 0.1) is 0 Å². The summed E-state index contributed by atoms with van der Waals surface area (Å²) >= 11 is 0. The molecule has 0 aliphatic carbocycles. The molecule has 0 aliphatic rings. The summed E-state index contributed by atoms with van der Waals surface area (Å²) in [5.74, 6) is -1.48. The molecule has 0 bridgehead atoms. The number of nitrogen functional groups attached to an aromatic ring is 1. The smallest absolute Gasteiger partial charge is 0.323 e. The number of unbranched alkanes of at least 4 members (excludes halogenated alkanes) is 2. The maximum Gasteiger partial charge on any atom is 0.323 e. The third-order valence-corrected chi connectivity index (χ3v) is 8.58. The van der Waals surface area contributed by atoms with Gasteiger partial charge in [-0.15, -0.1) is 0 Å². The lowest BCUT2D eigenvalue weighted by molar-refractivity contribution is -0.147. The molecule has 4 N–H and O–H groups in total. The standard InChI is InChI=1S/C22H38N7O6P/c1-7-8-9-10-34-20(30)16(3)28(6)36(33,27-22(4,5)21(31)32)14-35-15(2)11-29-13-26-17-18(23)24-12-25-19(17)29/h12-13,15-16H,7-11,14H2,1-6H3,(H,27,33)(H,31,32)(H2,23,24,25). The van der Waals surface area contributed by atoms with Crippen LogP contribution in [0.2, 0.25) is 0 Å². The van der Waals surface area contributed by atoms with E-state index in [-0.39, 0.29) is 18.8 Å². The number of aromatic nitrogens is 4. The Bertz CT molecular complexity index is 1090. The van der Waals surface area contributed by atoms with Crippen molar-refractivity contribution >= 4 is 36.4 Å². The summed E-state index contributed by atoms with van der Waals surface area (Å²) in [7, 11) is -2.24. The van der Waals surface area contributed by atoms with Gasteiger partial charge in [0.1, 0.15) is 29.8 Å². The summed E-state index contributed by atoms with van der Waals surface area (Å²) in [6.07, 6.45) is 4.74. The Kier molecular flexibility index (Phi) is 10.4. The molecule has 2 aromatic rings. The Morgan fingerprint density at radius 2 is 1.97 bits per heavy atom. The molecule has 36 heavy (non-hydrogen) atoms. The molecule has 0 saturated heterocycles. The van der Waals surface area contributed by atoms with E-state index in [2.05, 4.69) is 20.0 Å². The maximum absolute atomic E-state index is 14.1. The largest absolute Gasteiger partial charge is 0.480 e. The average Bonchev–Trinajstić information content (AvgIpc) is 3.23. The normalized spacial score (nSPS) is 15.5. The number of imidazole rings is 1. The number of nitrogens with two attached hydrogens (primary N) is 1. The highest BCUT2D eigenvalue weighted by Gasteiger charge is 2.42. The SMILES string of the molecule is CCCCCOC(=O)C(C)N(C)P(=O)(COC(C)Cn1cnc2c(N)ncnc21)NC(C)(C)C(=O)O. The Morgan fingerprint density at radius 3 is 2.61 bits per heavy atom. The lowest BCUT2D eigenvalue weighted by Crippen LogP contribution is -2.50. The number of fused-ring (bicyclic) bond motifs is 1. The third-order valence-electron chi connectivity index (χ3n) is 5.81. The van der Waals surface area contributed by atoms with E-state index in [1.807, 2.05) is 6.92 Å². The number of nitrogens with zero attached hydrogens (tertiary/aromatic N) is 5. The summed E-state index contributed by atoms with van der Waals surface area (Å²) < 4.78 is 28.4. The number of likely N-dealkylation sites (N-methyl/N-ethyl adjacent to an activating group) is 1. The molecular weight excluding hydrogens is 489 g/mol. The van der Waals surface area contributed by atoms with Crippen LogP contribution < -0.4 is 10.8 Å². The Morgan fingerprint density at radius 1 is 1.28 bits per heavy atom. The van der Waals surface area contributed by atoms with Gasteiger partial charge in [0.25, 0.3) is 0 Å². The van der Waals surface area contributed by atoms with Gasteiger partial charge in [-0.25, -0.2) is 24.7 Å². The highest BCUT2D eigenvalue weighted by molar-refractivity contribution is 7.59. The summed E-state index contributed by atoms with van der Waals surface area (Å²) in [5, 5.41) is 12.3. The highest BCUT2D eigenvalue weighted by Crippen LogP contribution is 2.48. The van der Waals surface area contributed by atoms with Crippen molar-refractivity contribution in [2.75, 3.05) is 25.7 Å². The van der Waals surface area contributed by atoms with E-state index in [4.69, 9.17) is 15.2 Å². The number of esters is 1. The van der Waals surface area contributed by atoms with E-state index in [0.29, 0.717) is 17.7 Å². The quantitative estimate of drug-likeness (QED) is 0.176. The van der Waals surface area contributed by atoms with Gasteiger partial charge in [0.05, 0.1) is 25.6 Å². The van der Waals surface area contributed by atoms with Crippen LogP contribution in [0.5, 0.6) is 0 Å². The lowest BCUT2D eigenvalue weighted by Gasteiger charge is -2.36. The number of carboxylic acid groups (broad SMARTS) is 1. The summed E-state index contributed by atoms with van der Waals surface area (Å²) in [6, 6.07) is -0.897. The zero-order valence-electron chi connectivity index (χ0n) is 21.8. The van der Waals surface area contributed by atoms with Crippen LogP contribution in [0.1, 0.15) is 53.9 Å². The molecule has 2 heterocycles. The number of carboxylic acids is 1. The molecule has 202 valence electrons. The number of rotatable bonds is 15. The number of carbonyl (C=O) groups excluding carboxylic acids is 1. The van der Waals surface area contributed by atoms with Crippen LogP contribution in [0.3, 0.4) is 0 Å². The van der Waals surface area contributed by atoms with Crippen molar-refractivity contribution < 1.29 is 28.7 Å². The molecular formula is C22H38N7O6P. The van der Waals surface area contributed by atoms with E-state index >= 15 is 0 Å². The average molecular weight is 528 g/mol. The van der Waals surface area contributed by atoms with Crippen molar-refractivity contribution in [2.45, 2.75) is 78.1 Å². The van der Waals surface area contributed by atoms with Crippen LogP contribution in [0.4, 0.5) is 5.82 Å².